The standard InChI is InChI=1S/C15H24FNO/c1-3-4-5-6-9-17-10-11-18-14-8-7-13(2)15(16)12-14/h7-8,12,17H,3-6,9-11H2,1-2H3. The number of halogens is 1. The third-order valence-electron chi connectivity index (χ3n) is 2.90. The monoisotopic (exact) mass is 253 g/mol. The lowest BCUT2D eigenvalue weighted by molar-refractivity contribution is 0.312. The van der Waals surface area contributed by atoms with Gasteiger partial charge in [0.1, 0.15) is 18.2 Å². The van der Waals surface area contributed by atoms with Gasteiger partial charge in [0.25, 0.3) is 0 Å². The van der Waals surface area contributed by atoms with E-state index in [1.165, 1.54) is 31.7 Å². The minimum absolute atomic E-state index is 0.208. The van der Waals surface area contributed by atoms with Crippen molar-refractivity contribution in [3.05, 3.63) is 29.6 Å². The number of aryl methyl sites for hydroxylation is 1. The highest BCUT2D eigenvalue weighted by Crippen LogP contribution is 2.15. The summed E-state index contributed by atoms with van der Waals surface area (Å²) in [4.78, 5) is 0. The lowest BCUT2D eigenvalue weighted by atomic mass is 10.2. The van der Waals surface area contributed by atoms with Gasteiger partial charge in [-0.3, -0.25) is 0 Å². The smallest absolute Gasteiger partial charge is 0.129 e. The molecule has 0 aliphatic rings. The molecule has 3 heteroatoms. The average molecular weight is 253 g/mol. The molecule has 1 aromatic carbocycles. The molecule has 0 saturated heterocycles. The molecule has 1 N–H and O–H groups in total. The van der Waals surface area contributed by atoms with Gasteiger partial charge in [0.15, 0.2) is 0 Å². The summed E-state index contributed by atoms with van der Waals surface area (Å²) in [5.41, 5.74) is 0.649. The minimum Gasteiger partial charge on any atom is -0.492 e. The van der Waals surface area contributed by atoms with Crippen molar-refractivity contribution >= 4 is 0 Å². The van der Waals surface area contributed by atoms with E-state index in [1.54, 1.807) is 19.1 Å². The van der Waals surface area contributed by atoms with Gasteiger partial charge in [-0.25, -0.2) is 4.39 Å². The molecule has 18 heavy (non-hydrogen) atoms. The molecular formula is C15H24FNO. The molecule has 1 rings (SSSR count). The lowest BCUT2D eigenvalue weighted by Crippen LogP contribution is -2.22. The predicted molar refractivity (Wildman–Crippen MR) is 73.6 cm³/mol. The van der Waals surface area contributed by atoms with E-state index in [1.807, 2.05) is 0 Å². The summed E-state index contributed by atoms with van der Waals surface area (Å²) in [6.07, 6.45) is 5.07. The molecule has 0 aliphatic carbocycles. The molecule has 1 aromatic rings. The molecule has 0 aliphatic heterocycles. The minimum atomic E-state index is -0.208. The summed E-state index contributed by atoms with van der Waals surface area (Å²) in [5, 5.41) is 3.32. The second-order valence-corrected chi connectivity index (χ2v) is 4.57. The van der Waals surface area contributed by atoms with Gasteiger partial charge in [0.05, 0.1) is 0 Å². The Bertz CT molecular complexity index is 341. The van der Waals surface area contributed by atoms with E-state index >= 15 is 0 Å². The van der Waals surface area contributed by atoms with E-state index < -0.39 is 0 Å². The first-order valence-corrected chi connectivity index (χ1v) is 6.83. The molecular weight excluding hydrogens is 229 g/mol. The number of benzene rings is 1. The molecule has 0 saturated carbocycles. The zero-order chi connectivity index (χ0) is 13.2. The highest BCUT2D eigenvalue weighted by molar-refractivity contribution is 5.27. The molecule has 0 unspecified atom stereocenters. The molecule has 0 fully saturated rings. The number of hydrogen-bond donors (Lipinski definition) is 1. The Hall–Kier alpha value is -1.09. The highest BCUT2D eigenvalue weighted by atomic mass is 19.1. The van der Waals surface area contributed by atoms with Crippen molar-refractivity contribution in [3.63, 3.8) is 0 Å². The lowest BCUT2D eigenvalue weighted by Gasteiger charge is -2.08. The van der Waals surface area contributed by atoms with E-state index in [-0.39, 0.29) is 5.82 Å². The van der Waals surface area contributed by atoms with E-state index in [9.17, 15) is 4.39 Å². The maximum atomic E-state index is 13.2. The van der Waals surface area contributed by atoms with Gasteiger partial charge in [-0.1, -0.05) is 32.3 Å². The number of ether oxygens (including phenoxy) is 1. The van der Waals surface area contributed by atoms with Gasteiger partial charge in [0, 0.05) is 12.6 Å². The van der Waals surface area contributed by atoms with Crippen LogP contribution in [-0.2, 0) is 0 Å². The Morgan fingerprint density at radius 1 is 1.17 bits per heavy atom. The molecule has 0 aromatic heterocycles. The van der Waals surface area contributed by atoms with Crippen LogP contribution in [0.15, 0.2) is 18.2 Å². The van der Waals surface area contributed by atoms with E-state index in [2.05, 4.69) is 12.2 Å². The summed E-state index contributed by atoms with van der Waals surface area (Å²) in [7, 11) is 0. The zero-order valence-electron chi connectivity index (χ0n) is 11.5. The summed E-state index contributed by atoms with van der Waals surface area (Å²) >= 11 is 0. The van der Waals surface area contributed by atoms with Crippen LogP contribution in [0.1, 0.15) is 38.2 Å². The van der Waals surface area contributed by atoms with Crippen molar-refractivity contribution in [1.82, 2.24) is 5.32 Å². The zero-order valence-corrected chi connectivity index (χ0v) is 11.5. The van der Waals surface area contributed by atoms with Crippen molar-refractivity contribution in [2.24, 2.45) is 0 Å². The van der Waals surface area contributed by atoms with E-state index in [0.29, 0.717) is 17.9 Å². The van der Waals surface area contributed by atoms with Crippen LogP contribution in [0, 0.1) is 12.7 Å². The maximum Gasteiger partial charge on any atom is 0.129 e. The Morgan fingerprint density at radius 2 is 2.00 bits per heavy atom. The number of unbranched alkanes of at least 4 members (excludes halogenated alkanes) is 3. The molecule has 2 nitrogen and oxygen atoms in total. The number of hydrogen-bond acceptors (Lipinski definition) is 2. The predicted octanol–water partition coefficient (Wildman–Crippen LogP) is 3.68. The van der Waals surface area contributed by atoms with Gasteiger partial charge in [-0.15, -0.1) is 0 Å². The SMILES string of the molecule is CCCCCCNCCOc1ccc(C)c(F)c1. The van der Waals surface area contributed by atoms with Crippen LogP contribution < -0.4 is 10.1 Å². The van der Waals surface area contributed by atoms with Crippen molar-refractivity contribution in [3.8, 4) is 5.75 Å². The van der Waals surface area contributed by atoms with Crippen molar-refractivity contribution < 1.29 is 9.13 Å². The summed E-state index contributed by atoms with van der Waals surface area (Å²) < 4.78 is 18.7. The summed E-state index contributed by atoms with van der Waals surface area (Å²) in [5.74, 6) is 0.394. The average Bonchev–Trinajstić information content (AvgIpc) is 2.37. The van der Waals surface area contributed by atoms with Crippen LogP contribution in [0.4, 0.5) is 4.39 Å². The Labute approximate surface area is 110 Å². The second kappa shape index (κ2) is 8.92. The summed E-state index contributed by atoms with van der Waals surface area (Å²) in [6.45, 7) is 6.38. The van der Waals surface area contributed by atoms with E-state index in [0.717, 1.165) is 13.1 Å². The molecule has 0 radical (unpaired) electrons. The molecule has 0 bridgehead atoms. The van der Waals surface area contributed by atoms with Crippen LogP contribution in [0.25, 0.3) is 0 Å². The van der Waals surface area contributed by atoms with Crippen LogP contribution in [-0.4, -0.2) is 19.7 Å². The Morgan fingerprint density at radius 3 is 2.72 bits per heavy atom. The number of rotatable bonds is 9. The first kappa shape index (κ1) is 15.0. The Balaban J connectivity index is 2.05. The van der Waals surface area contributed by atoms with E-state index in [4.69, 9.17) is 4.74 Å². The van der Waals surface area contributed by atoms with Crippen molar-refractivity contribution in [2.75, 3.05) is 19.7 Å². The first-order valence-electron chi connectivity index (χ1n) is 6.83. The van der Waals surface area contributed by atoms with Gasteiger partial charge in [-0.2, -0.15) is 0 Å². The quantitative estimate of drug-likeness (QED) is 0.678. The van der Waals surface area contributed by atoms with Crippen LogP contribution >= 0.6 is 0 Å². The van der Waals surface area contributed by atoms with Gasteiger partial charge >= 0.3 is 0 Å². The highest BCUT2D eigenvalue weighted by Gasteiger charge is 1.99. The van der Waals surface area contributed by atoms with Crippen LogP contribution in [0.3, 0.4) is 0 Å². The topological polar surface area (TPSA) is 21.3 Å². The van der Waals surface area contributed by atoms with Gasteiger partial charge in [-0.05, 0) is 31.5 Å². The second-order valence-electron chi connectivity index (χ2n) is 4.57. The molecule has 0 amide bonds. The molecule has 0 heterocycles. The van der Waals surface area contributed by atoms with Crippen LogP contribution in [0.5, 0.6) is 5.75 Å². The largest absolute Gasteiger partial charge is 0.492 e. The molecule has 0 spiro atoms. The first-order chi connectivity index (χ1) is 8.74. The third kappa shape index (κ3) is 6.01. The fraction of sp³-hybridized carbons (Fsp3) is 0.600. The maximum absolute atomic E-state index is 13.2. The van der Waals surface area contributed by atoms with Gasteiger partial charge < -0.3 is 10.1 Å². The van der Waals surface area contributed by atoms with Gasteiger partial charge in [0.2, 0.25) is 0 Å². The van der Waals surface area contributed by atoms with Crippen molar-refractivity contribution in [2.45, 2.75) is 39.5 Å². The number of nitrogens with one attached hydrogen (secondary N) is 1. The fourth-order valence-electron chi connectivity index (χ4n) is 1.71. The summed E-state index contributed by atoms with van der Waals surface area (Å²) in [6, 6.07) is 4.99. The molecule has 102 valence electrons. The third-order valence-corrected chi connectivity index (χ3v) is 2.90. The van der Waals surface area contributed by atoms with Crippen LogP contribution in [0.2, 0.25) is 0 Å². The fourth-order valence-corrected chi connectivity index (χ4v) is 1.71. The van der Waals surface area contributed by atoms with Crippen molar-refractivity contribution in [1.29, 1.82) is 0 Å². The normalized spacial score (nSPS) is 10.6. The molecule has 0 atom stereocenters. The Kier molecular flexibility index (Phi) is 7.42.